The average Bonchev–Trinajstić information content (AvgIpc) is 2.16. The first-order valence-corrected chi connectivity index (χ1v) is 6.82. The summed E-state index contributed by atoms with van der Waals surface area (Å²) in [5.74, 6) is 0. The number of nitrogens with one attached hydrogen (secondary N) is 1. The van der Waals surface area contributed by atoms with E-state index < -0.39 is 0 Å². The molecule has 0 spiro atoms. The van der Waals surface area contributed by atoms with Gasteiger partial charge < -0.3 is 11.1 Å². The predicted octanol–water partition coefficient (Wildman–Crippen LogP) is 3.04. The van der Waals surface area contributed by atoms with Crippen molar-refractivity contribution in [1.82, 2.24) is 0 Å². The monoisotopic (exact) mass is 322 g/mol. The maximum atomic E-state index is 5.67. The maximum absolute atomic E-state index is 5.67. The Kier molecular flexibility index (Phi) is 4.88. The highest BCUT2D eigenvalue weighted by Crippen LogP contribution is 2.21. The molecule has 2 nitrogen and oxygen atoms in total. The van der Waals surface area contributed by atoms with E-state index in [0.717, 1.165) is 12.2 Å². The molecule has 14 heavy (non-hydrogen) atoms. The van der Waals surface area contributed by atoms with Crippen molar-refractivity contribution in [1.29, 1.82) is 0 Å². The van der Waals surface area contributed by atoms with Crippen LogP contribution in [0.2, 0.25) is 0 Å². The molecule has 1 rings (SSSR count). The van der Waals surface area contributed by atoms with Crippen LogP contribution in [-0.4, -0.2) is 18.1 Å². The second-order valence-electron chi connectivity index (χ2n) is 3.17. The van der Waals surface area contributed by atoms with Crippen molar-refractivity contribution < 1.29 is 0 Å². The van der Waals surface area contributed by atoms with Crippen LogP contribution in [0, 0.1) is 3.57 Å². The fourth-order valence-corrected chi connectivity index (χ4v) is 1.99. The van der Waals surface area contributed by atoms with Crippen LogP contribution < -0.4 is 11.1 Å². The minimum Gasteiger partial charge on any atom is -0.399 e. The summed E-state index contributed by atoms with van der Waals surface area (Å²) in [6, 6.07) is 5.94. The molecule has 0 fully saturated rings. The molecule has 1 unspecified atom stereocenters. The molecular weight excluding hydrogens is 307 g/mol. The molecule has 0 aliphatic carbocycles. The van der Waals surface area contributed by atoms with Crippen molar-refractivity contribution in [2.24, 2.45) is 0 Å². The number of benzene rings is 1. The van der Waals surface area contributed by atoms with E-state index in [9.17, 15) is 0 Å². The molecule has 0 heterocycles. The summed E-state index contributed by atoms with van der Waals surface area (Å²) >= 11 is 4.16. The van der Waals surface area contributed by atoms with Crippen LogP contribution >= 0.6 is 34.4 Å². The van der Waals surface area contributed by atoms with Gasteiger partial charge in [-0.1, -0.05) is 6.92 Å². The number of hydrogen-bond acceptors (Lipinski definition) is 3. The second-order valence-corrected chi connectivity index (χ2v) is 5.60. The number of nitrogen functional groups attached to an aromatic ring is 1. The van der Waals surface area contributed by atoms with Crippen molar-refractivity contribution in [2.75, 3.05) is 23.9 Å². The van der Waals surface area contributed by atoms with E-state index >= 15 is 0 Å². The Morgan fingerprint density at radius 3 is 2.86 bits per heavy atom. The summed E-state index contributed by atoms with van der Waals surface area (Å²) in [6.45, 7) is 3.20. The van der Waals surface area contributed by atoms with Gasteiger partial charge in [0.2, 0.25) is 0 Å². The van der Waals surface area contributed by atoms with E-state index in [2.05, 4.69) is 41.1 Å². The maximum Gasteiger partial charge on any atom is 0.0477 e. The smallest absolute Gasteiger partial charge is 0.0477 e. The van der Waals surface area contributed by atoms with Crippen LogP contribution in [-0.2, 0) is 0 Å². The van der Waals surface area contributed by atoms with E-state index in [-0.39, 0.29) is 0 Å². The second kappa shape index (κ2) is 5.70. The van der Waals surface area contributed by atoms with Crippen molar-refractivity contribution in [2.45, 2.75) is 12.2 Å². The number of anilines is 2. The molecule has 1 aromatic carbocycles. The molecule has 0 aliphatic rings. The summed E-state index contributed by atoms with van der Waals surface area (Å²) in [6.07, 6.45) is 2.13. The largest absolute Gasteiger partial charge is 0.399 e. The molecule has 3 N–H and O–H groups in total. The standard InChI is InChI=1S/C10H15IN2S/c1-7(14-2)6-13-10-4-3-8(12)5-9(10)11/h3-5,7,13H,6,12H2,1-2H3. The fourth-order valence-electron chi connectivity index (χ4n) is 1.01. The van der Waals surface area contributed by atoms with Crippen molar-refractivity contribution in [3.8, 4) is 0 Å². The van der Waals surface area contributed by atoms with E-state index in [1.807, 2.05) is 30.0 Å². The first-order valence-electron chi connectivity index (χ1n) is 4.45. The highest BCUT2D eigenvalue weighted by molar-refractivity contribution is 14.1. The van der Waals surface area contributed by atoms with Gasteiger partial charge in [-0.3, -0.25) is 0 Å². The van der Waals surface area contributed by atoms with Gasteiger partial charge in [-0.25, -0.2) is 0 Å². The molecule has 4 heteroatoms. The van der Waals surface area contributed by atoms with Crippen LogP contribution in [0.25, 0.3) is 0 Å². The molecule has 0 saturated carbocycles. The molecule has 1 atom stereocenters. The minimum atomic E-state index is 0.628. The number of halogens is 1. The topological polar surface area (TPSA) is 38.0 Å². The van der Waals surface area contributed by atoms with Gasteiger partial charge in [0, 0.05) is 26.7 Å². The highest BCUT2D eigenvalue weighted by atomic mass is 127. The third-order valence-corrected chi connectivity index (χ3v) is 3.84. The molecule has 0 saturated heterocycles. The third-order valence-electron chi connectivity index (χ3n) is 1.98. The molecule has 0 aliphatic heterocycles. The summed E-state index contributed by atoms with van der Waals surface area (Å²) in [4.78, 5) is 0. The Morgan fingerprint density at radius 2 is 2.29 bits per heavy atom. The minimum absolute atomic E-state index is 0.628. The fraction of sp³-hybridized carbons (Fsp3) is 0.400. The van der Waals surface area contributed by atoms with Gasteiger partial charge >= 0.3 is 0 Å². The molecule has 0 bridgehead atoms. The quantitative estimate of drug-likeness (QED) is 0.661. The first-order chi connectivity index (χ1) is 6.63. The first kappa shape index (κ1) is 12.0. The predicted molar refractivity (Wildman–Crippen MR) is 75.0 cm³/mol. The van der Waals surface area contributed by atoms with Crippen LogP contribution in [0.5, 0.6) is 0 Å². The van der Waals surface area contributed by atoms with Gasteiger partial charge in [0.25, 0.3) is 0 Å². The van der Waals surface area contributed by atoms with Crippen LogP contribution in [0.1, 0.15) is 6.92 Å². The number of rotatable bonds is 4. The normalized spacial score (nSPS) is 12.5. The van der Waals surface area contributed by atoms with Crippen LogP contribution in [0.4, 0.5) is 11.4 Å². The van der Waals surface area contributed by atoms with Gasteiger partial charge in [0.05, 0.1) is 0 Å². The van der Waals surface area contributed by atoms with Gasteiger partial charge in [0.1, 0.15) is 0 Å². The Morgan fingerprint density at radius 1 is 1.57 bits per heavy atom. The zero-order chi connectivity index (χ0) is 10.6. The molecule has 0 amide bonds. The van der Waals surface area contributed by atoms with Crippen LogP contribution in [0.15, 0.2) is 18.2 Å². The van der Waals surface area contributed by atoms with Gasteiger partial charge in [-0.2, -0.15) is 11.8 Å². The summed E-state index contributed by atoms with van der Waals surface area (Å²) < 4.78 is 1.18. The molecule has 1 aromatic rings. The van der Waals surface area contributed by atoms with Gasteiger partial charge in [-0.15, -0.1) is 0 Å². The van der Waals surface area contributed by atoms with Gasteiger partial charge in [-0.05, 0) is 47.0 Å². The highest BCUT2D eigenvalue weighted by Gasteiger charge is 2.02. The van der Waals surface area contributed by atoms with Crippen molar-refractivity contribution in [3.63, 3.8) is 0 Å². The van der Waals surface area contributed by atoms with Crippen LogP contribution in [0.3, 0.4) is 0 Å². The number of thioether (sulfide) groups is 1. The van der Waals surface area contributed by atoms with Gasteiger partial charge in [0.15, 0.2) is 0 Å². The summed E-state index contributed by atoms with van der Waals surface area (Å²) in [7, 11) is 0. The van der Waals surface area contributed by atoms with Crippen molar-refractivity contribution in [3.05, 3.63) is 21.8 Å². The third kappa shape index (κ3) is 3.57. The molecular formula is C10H15IN2S. The van der Waals surface area contributed by atoms with E-state index in [0.29, 0.717) is 5.25 Å². The lowest BCUT2D eigenvalue weighted by atomic mass is 10.3. The summed E-state index contributed by atoms with van der Waals surface area (Å²) in [5, 5.41) is 4.04. The van der Waals surface area contributed by atoms with E-state index in [4.69, 9.17) is 5.73 Å². The lowest BCUT2D eigenvalue weighted by molar-refractivity contribution is 1.00. The SMILES string of the molecule is CSC(C)CNc1ccc(N)cc1I. The Bertz CT molecular complexity index is 304. The Balaban J connectivity index is 2.59. The zero-order valence-electron chi connectivity index (χ0n) is 8.38. The lowest BCUT2D eigenvalue weighted by Gasteiger charge is -2.12. The Labute approximate surface area is 103 Å². The number of nitrogens with two attached hydrogens (primary N) is 1. The Hall–Kier alpha value is -0.100. The van der Waals surface area contributed by atoms with Crippen molar-refractivity contribution >= 4 is 45.7 Å². The van der Waals surface area contributed by atoms with E-state index in [1.165, 1.54) is 9.26 Å². The molecule has 0 radical (unpaired) electrons. The molecule has 78 valence electrons. The van der Waals surface area contributed by atoms with E-state index in [1.54, 1.807) is 0 Å². The summed E-state index contributed by atoms with van der Waals surface area (Å²) in [5.41, 5.74) is 7.66. The lowest BCUT2D eigenvalue weighted by Crippen LogP contribution is -2.13. The molecule has 0 aromatic heterocycles. The average molecular weight is 322 g/mol. The zero-order valence-corrected chi connectivity index (χ0v) is 11.4. The number of hydrogen-bond donors (Lipinski definition) is 2.